The molecule has 1 rings (SSSR count). The van der Waals surface area contributed by atoms with E-state index in [4.69, 9.17) is 11.6 Å². The zero-order valence-electron chi connectivity index (χ0n) is 11.8. The zero-order valence-corrected chi connectivity index (χ0v) is 12.6. The summed E-state index contributed by atoms with van der Waals surface area (Å²) in [5.74, 6) is -0.308. The molecule has 20 heavy (non-hydrogen) atoms. The van der Waals surface area contributed by atoms with Gasteiger partial charge in [0.05, 0.1) is 15.5 Å². The first-order valence-corrected chi connectivity index (χ1v) is 6.55. The van der Waals surface area contributed by atoms with Crippen LogP contribution in [0.2, 0.25) is 5.02 Å². The number of nitro groups is 1. The molecule has 0 atom stereocenters. The Morgan fingerprint density at radius 2 is 1.95 bits per heavy atom. The first-order chi connectivity index (χ1) is 9.32. The molecule has 0 N–H and O–H groups in total. The topological polar surface area (TPSA) is 66.7 Å². The summed E-state index contributed by atoms with van der Waals surface area (Å²) < 4.78 is 0. The Morgan fingerprint density at radius 3 is 2.50 bits per heavy atom. The third-order valence-corrected chi connectivity index (χ3v) is 3.17. The summed E-state index contributed by atoms with van der Waals surface area (Å²) in [7, 11) is 5.58. The maximum absolute atomic E-state index is 12.2. The van der Waals surface area contributed by atoms with Gasteiger partial charge in [-0.1, -0.05) is 11.6 Å². The van der Waals surface area contributed by atoms with Crippen LogP contribution in [0.25, 0.3) is 0 Å². The van der Waals surface area contributed by atoms with Crippen molar-refractivity contribution in [2.75, 3.05) is 34.2 Å². The Kier molecular flexibility index (Phi) is 5.91. The average Bonchev–Trinajstić information content (AvgIpc) is 2.37. The molecule has 1 aromatic rings. The molecular weight excluding hydrogens is 282 g/mol. The van der Waals surface area contributed by atoms with Crippen molar-refractivity contribution in [2.24, 2.45) is 0 Å². The van der Waals surface area contributed by atoms with Crippen LogP contribution in [0.15, 0.2) is 18.2 Å². The van der Waals surface area contributed by atoms with Crippen molar-refractivity contribution in [3.05, 3.63) is 38.9 Å². The van der Waals surface area contributed by atoms with E-state index in [2.05, 4.69) is 0 Å². The Bertz CT molecular complexity index is 506. The summed E-state index contributed by atoms with van der Waals surface area (Å²) >= 11 is 5.95. The molecule has 6 nitrogen and oxygen atoms in total. The third-order valence-electron chi connectivity index (χ3n) is 2.84. The molecule has 0 radical (unpaired) electrons. The lowest BCUT2D eigenvalue weighted by Gasteiger charge is -2.19. The maximum atomic E-state index is 12.2. The van der Waals surface area contributed by atoms with Gasteiger partial charge in [-0.05, 0) is 33.1 Å². The van der Waals surface area contributed by atoms with Gasteiger partial charge in [0.2, 0.25) is 0 Å². The third kappa shape index (κ3) is 4.47. The molecular formula is C13H18ClN3O3. The second-order valence-electron chi connectivity index (χ2n) is 4.80. The second-order valence-corrected chi connectivity index (χ2v) is 5.21. The van der Waals surface area contributed by atoms with Crippen LogP contribution < -0.4 is 0 Å². The van der Waals surface area contributed by atoms with Crippen LogP contribution in [0, 0.1) is 10.1 Å². The van der Waals surface area contributed by atoms with Crippen LogP contribution in [0.3, 0.4) is 0 Å². The highest BCUT2D eigenvalue weighted by atomic mass is 35.5. The van der Waals surface area contributed by atoms with Crippen molar-refractivity contribution in [3.8, 4) is 0 Å². The van der Waals surface area contributed by atoms with Gasteiger partial charge in [0.1, 0.15) is 0 Å². The van der Waals surface area contributed by atoms with Gasteiger partial charge in [-0.25, -0.2) is 0 Å². The molecule has 0 saturated heterocycles. The SMILES string of the molecule is CN(C)CCCN(C)C(=O)c1cc([N+](=O)[O-])ccc1Cl. The summed E-state index contributed by atoms with van der Waals surface area (Å²) in [5, 5.41) is 11.0. The van der Waals surface area contributed by atoms with Gasteiger partial charge in [0.25, 0.3) is 11.6 Å². The van der Waals surface area contributed by atoms with Gasteiger partial charge in [-0.3, -0.25) is 14.9 Å². The lowest BCUT2D eigenvalue weighted by atomic mass is 10.1. The number of hydrogen-bond acceptors (Lipinski definition) is 4. The number of carbonyl (C=O) groups excluding carboxylic acids is 1. The Labute approximate surface area is 123 Å². The van der Waals surface area contributed by atoms with Crippen LogP contribution in [0.5, 0.6) is 0 Å². The first kappa shape index (κ1) is 16.4. The smallest absolute Gasteiger partial charge is 0.270 e. The highest BCUT2D eigenvalue weighted by Gasteiger charge is 2.18. The van der Waals surface area contributed by atoms with Crippen LogP contribution in [0.4, 0.5) is 5.69 Å². The monoisotopic (exact) mass is 299 g/mol. The minimum Gasteiger partial charge on any atom is -0.342 e. The molecule has 0 spiro atoms. The van der Waals surface area contributed by atoms with Crippen molar-refractivity contribution in [1.29, 1.82) is 0 Å². The minimum absolute atomic E-state index is 0.139. The summed E-state index contributed by atoms with van der Waals surface area (Å²) in [6.07, 6.45) is 0.821. The largest absolute Gasteiger partial charge is 0.342 e. The summed E-state index contributed by atoms with van der Waals surface area (Å²) in [5.41, 5.74) is 0.0210. The lowest BCUT2D eigenvalue weighted by molar-refractivity contribution is -0.384. The van der Waals surface area contributed by atoms with Gasteiger partial charge in [0, 0.05) is 25.7 Å². The second kappa shape index (κ2) is 7.21. The van der Waals surface area contributed by atoms with E-state index in [1.54, 1.807) is 7.05 Å². The average molecular weight is 300 g/mol. The van der Waals surface area contributed by atoms with Crippen LogP contribution in [-0.4, -0.2) is 54.9 Å². The van der Waals surface area contributed by atoms with Crippen molar-refractivity contribution in [3.63, 3.8) is 0 Å². The molecule has 0 saturated carbocycles. The van der Waals surface area contributed by atoms with Gasteiger partial charge in [-0.15, -0.1) is 0 Å². The number of amides is 1. The summed E-state index contributed by atoms with van der Waals surface area (Å²) in [6, 6.07) is 3.87. The first-order valence-electron chi connectivity index (χ1n) is 6.17. The number of nitrogens with zero attached hydrogens (tertiary/aromatic N) is 3. The number of halogens is 1. The number of benzene rings is 1. The Morgan fingerprint density at radius 1 is 1.30 bits per heavy atom. The maximum Gasteiger partial charge on any atom is 0.270 e. The molecule has 0 aromatic heterocycles. The van der Waals surface area contributed by atoms with E-state index in [1.165, 1.54) is 23.1 Å². The molecule has 0 bridgehead atoms. The quantitative estimate of drug-likeness (QED) is 0.597. The van der Waals surface area contributed by atoms with Gasteiger partial charge in [-0.2, -0.15) is 0 Å². The van der Waals surface area contributed by atoms with E-state index >= 15 is 0 Å². The number of non-ortho nitro benzene ring substituents is 1. The molecule has 1 aromatic carbocycles. The van der Waals surface area contributed by atoms with E-state index in [0.29, 0.717) is 6.54 Å². The summed E-state index contributed by atoms with van der Waals surface area (Å²) in [6.45, 7) is 1.43. The van der Waals surface area contributed by atoms with Crippen molar-refractivity contribution in [1.82, 2.24) is 9.80 Å². The molecule has 0 aliphatic carbocycles. The molecule has 1 amide bonds. The zero-order chi connectivity index (χ0) is 15.3. The van der Waals surface area contributed by atoms with E-state index < -0.39 is 4.92 Å². The van der Waals surface area contributed by atoms with Crippen molar-refractivity contribution in [2.45, 2.75) is 6.42 Å². The van der Waals surface area contributed by atoms with Crippen LogP contribution >= 0.6 is 11.6 Å². The normalized spacial score (nSPS) is 10.7. The van der Waals surface area contributed by atoms with E-state index in [9.17, 15) is 14.9 Å². The standard InChI is InChI=1S/C13H18ClN3O3/c1-15(2)7-4-8-16(3)13(18)11-9-10(17(19)20)5-6-12(11)14/h5-6,9H,4,7-8H2,1-3H3. The lowest BCUT2D eigenvalue weighted by Crippen LogP contribution is -2.30. The van der Waals surface area contributed by atoms with Crippen LogP contribution in [0.1, 0.15) is 16.8 Å². The minimum atomic E-state index is -0.543. The molecule has 0 heterocycles. The van der Waals surface area contributed by atoms with E-state index in [0.717, 1.165) is 13.0 Å². The van der Waals surface area contributed by atoms with E-state index in [1.807, 2.05) is 19.0 Å². The fraction of sp³-hybridized carbons (Fsp3) is 0.462. The van der Waals surface area contributed by atoms with Crippen molar-refractivity contribution < 1.29 is 9.72 Å². The van der Waals surface area contributed by atoms with Gasteiger partial charge < -0.3 is 9.80 Å². The number of hydrogen-bond donors (Lipinski definition) is 0. The van der Waals surface area contributed by atoms with Gasteiger partial charge in [0.15, 0.2) is 0 Å². The molecule has 110 valence electrons. The molecule has 0 fully saturated rings. The molecule has 0 aliphatic heterocycles. The molecule has 7 heteroatoms. The predicted molar refractivity (Wildman–Crippen MR) is 78.2 cm³/mol. The number of rotatable bonds is 6. The highest BCUT2D eigenvalue weighted by Crippen LogP contribution is 2.23. The number of nitro benzene ring substituents is 1. The van der Waals surface area contributed by atoms with Crippen molar-refractivity contribution >= 4 is 23.2 Å². The Hall–Kier alpha value is -1.66. The fourth-order valence-corrected chi connectivity index (χ4v) is 1.92. The molecule has 0 aliphatic rings. The van der Waals surface area contributed by atoms with Gasteiger partial charge >= 0.3 is 0 Å². The predicted octanol–water partition coefficient (Wildman–Crippen LogP) is 2.27. The van der Waals surface area contributed by atoms with E-state index in [-0.39, 0.29) is 22.2 Å². The Balaban J connectivity index is 2.80. The molecule has 0 unspecified atom stereocenters. The fourth-order valence-electron chi connectivity index (χ4n) is 1.72. The van der Waals surface area contributed by atoms with Crippen LogP contribution in [-0.2, 0) is 0 Å². The number of carbonyl (C=O) groups is 1. The summed E-state index contributed by atoms with van der Waals surface area (Å²) in [4.78, 5) is 26.0. The highest BCUT2D eigenvalue weighted by molar-refractivity contribution is 6.33.